The molecule has 0 aliphatic carbocycles. The highest BCUT2D eigenvalue weighted by atomic mass is 32.1. The first-order chi connectivity index (χ1) is 10.4. The van der Waals surface area contributed by atoms with E-state index >= 15 is 0 Å². The largest absolute Gasteiger partial charge is 0.512 e. The molecule has 0 spiro atoms. The predicted octanol–water partition coefficient (Wildman–Crippen LogP) is 1.45. The summed E-state index contributed by atoms with van der Waals surface area (Å²) < 4.78 is 0. The minimum absolute atomic E-state index is 0.0455. The maximum Gasteiger partial charge on any atom is 0.260 e. The number of allylic oxidation sites excluding steroid dienone is 1. The van der Waals surface area contributed by atoms with Gasteiger partial charge in [-0.2, -0.15) is 0 Å². The van der Waals surface area contributed by atoms with Gasteiger partial charge < -0.3 is 10.4 Å². The second-order valence-corrected chi connectivity index (χ2v) is 4.58. The highest BCUT2D eigenvalue weighted by molar-refractivity contribution is 7.80. The van der Waals surface area contributed by atoms with E-state index in [9.17, 15) is 14.7 Å². The van der Waals surface area contributed by atoms with Crippen molar-refractivity contribution < 1.29 is 14.7 Å². The highest BCUT2D eigenvalue weighted by Gasteiger charge is 2.11. The first kappa shape index (κ1) is 17.3. The fraction of sp³-hybridized carbons (Fsp3) is 0.143. The number of carbonyl (C=O) groups excluding carboxylic acids is 2. The van der Waals surface area contributed by atoms with Crippen LogP contribution in [0.5, 0.6) is 0 Å². The Labute approximate surface area is 133 Å². The molecule has 7 nitrogen and oxygen atoms in total. The highest BCUT2D eigenvalue weighted by Crippen LogP contribution is 2.08. The standard InChI is InChI=1S/C14H16N4O3S/c1-9(19)12(8-15-14(22)18-17-10(2)20)13(21)16-11-6-4-3-5-7-11/h3-8,19H,1-2H3,(H,16,21)(H,17,20)(H,18,22). The second-order valence-electron chi connectivity index (χ2n) is 4.19. The average Bonchev–Trinajstić information content (AvgIpc) is 2.46. The summed E-state index contributed by atoms with van der Waals surface area (Å²) in [5.41, 5.74) is 5.14. The molecule has 0 heterocycles. The molecule has 0 unspecified atom stereocenters. The molecule has 1 aromatic rings. The molecule has 1 aromatic carbocycles. The number of hydrazine groups is 1. The van der Waals surface area contributed by atoms with Gasteiger partial charge in [-0.15, -0.1) is 0 Å². The summed E-state index contributed by atoms with van der Waals surface area (Å²) in [6.07, 6.45) is 1.12. The number of amides is 2. The first-order valence-corrected chi connectivity index (χ1v) is 6.68. The smallest absolute Gasteiger partial charge is 0.260 e. The van der Waals surface area contributed by atoms with Crippen LogP contribution in [-0.4, -0.2) is 28.2 Å². The van der Waals surface area contributed by atoms with E-state index in [0.29, 0.717) is 5.69 Å². The Morgan fingerprint density at radius 3 is 2.36 bits per heavy atom. The molecule has 0 bridgehead atoms. The maximum atomic E-state index is 12.1. The zero-order valence-electron chi connectivity index (χ0n) is 12.1. The number of hydrogen-bond acceptors (Lipinski definition) is 4. The predicted molar refractivity (Wildman–Crippen MR) is 88.4 cm³/mol. The van der Waals surface area contributed by atoms with Gasteiger partial charge in [0.15, 0.2) is 0 Å². The number of aliphatic imine (C=N–C) groups is 1. The fourth-order valence-corrected chi connectivity index (χ4v) is 1.44. The molecular weight excluding hydrogens is 304 g/mol. The summed E-state index contributed by atoms with van der Waals surface area (Å²) in [6, 6.07) is 8.78. The van der Waals surface area contributed by atoms with Crippen LogP contribution in [0.1, 0.15) is 13.8 Å². The number of rotatable bonds is 3. The molecule has 0 atom stereocenters. The number of nitrogens with zero attached hydrogens (tertiary/aromatic N) is 1. The molecule has 0 fully saturated rings. The van der Waals surface area contributed by atoms with E-state index in [2.05, 4.69) is 21.2 Å². The molecular formula is C14H16N4O3S. The topological polar surface area (TPSA) is 103 Å². The Kier molecular flexibility index (Phi) is 6.71. The van der Waals surface area contributed by atoms with Crippen LogP contribution in [0.15, 0.2) is 46.7 Å². The lowest BCUT2D eigenvalue weighted by atomic mass is 10.2. The Balaban J connectivity index is 2.74. The van der Waals surface area contributed by atoms with Crippen molar-refractivity contribution in [2.75, 3.05) is 5.32 Å². The van der Waals surface area contributed by atoms with E-state index in [1.807, 2.05) is 6.07 Å². The van der Waals surface area contributed by atoms with Crippen LogP contribution in [0.4, 0.5) is 5.69 Å². The normalized spacial score (nSPS) is 11.5. The number of aliphatic hydroxyl groups excluding tert-OH is 1. The molecule has 22 heavy (non-hydrogen) atoms. The zero-order chi connectivity index (χ0) is 16.5. The van der Waals surface area contributed by atoms with E-state index < -0.39 is 5.91 Å². The molecule has 0 aliphatic heterocycles. The number of para-hydroxylation sites is 1. The quantitative estimate of drug-likeness (QED) is 0.222. The lowest BCUT2D eigenvalue weighted by Gasteiger charge is -2.07. The third-order valence-electron chi connectivity index (χ3n) is 2.32. The zero-order valence-corrected chi connectivity index (χ0v) is 12.9. The van der Waals surface area contributed by atoms with E-state index in [-0.39, 0.29) is 22.4 Å². The summed E-state index contributed by atoms with van der Waals surface area (Å²) in [5, 5.41) is 12.1. The monoisotopic (exact) mass is 320 g/mol. The van der Waals surface area contributed by atoms with Crippen LogP contribution in [0.25, 0.3) is 0 Å². The lowest BCUT2D eigenvalue weighted by molar-refractivity contribution is -0.119. The van der Waals surface area contributed by atoms with Gasteiger partial charge in [-0.05, 0) is 31.3 Å². The van der Waals surface area contributed by atoms with Crippen LogP contribution in [0, 0.1) is 0 Å². The van der Waals surface area contributed by atoms with Gasteiger partial charge in [0, 0.05) is 18.8 Å². The maximum absolute atomic E-state index is 12.1. The summed E-state index contributed by atoms with van der Waals surface area (Å²) in [7, 11) is 0. The van der Waals surface area contributed by atoms with Crippen LogP contribution in [0.3, 0.4) is 0 Å². The van der Waals surface area contributed by atoms with Crippen LogP contribution in [0.2, 0.25) is 0 Å². The average molecular weight is 320 g/mol. The third-order valence-corrected chi connectivity index (χ3v) is 2.53. The van der Waals surface area contributed by atoms with Crippen molar-refractivity contribution in [1.82, 2.24) is 10.9 Å². The number of thiocarbonyl (C=S) groups is 1. The molecule has 4 N–H and O–H groups in total. The van der Waals surface area contributed by atoms with Crippen molar-refractivity contribution in [2.24, 2.45) is 4.99 Å². The summed E-state index contributed by atoms with van der Waals surface area (Å²) in [6.45, 7) is 2.66. The van der Waals surface area contributed by atoms with E-state index in [4.69, 9.17) is 12.2 Å². The molecule has 8 heteroatoms. The Morgan fingerprint density at radius 1 is 1.18 bits per heavy atom. The van der Waals surface area contributed by atoms with Crippen LogP contribution in [-0.2, 0) is 9.59 Å². The molecule has 0 radical (unpaired) electrons. The van der Waals surface area contributed by atoms with E-state index in [1.165, 1.54) is 13.8 Å². The Morgan fingerprint density at radius 2 is 1.82 bits per heavy atom. The number of carbonyl (C=O) groups is 2. The van der Waals surface area contributed by atoms with Crippen molar-refractivity contribution in [3.8, 4) is 0 Å². The number of anilines is 1. The van der Waals surface area contributed by atoms with E-state index in [0.717, 1.165) is 6.21 Å². The van der Waals surface area contributed by atoms with Gasteiger partial charge in [0.05, 0.1) is 5.57 Å². The number of nitrogens with one attached hydrogen (secondary N) is 3. The third kappa shape index (κ3) is 6.14. The Hall–Kier alpha value is -2.74. The van der Waals surface area contributed by atoms with Gasteiger partial charge in [-0.25, -0.2) is 4.99 Å². The van der Waals surface area contributed by atoms with Gasteiger partial charge in [0.2, 0.25) is 11.0 Å². The molecule has 0 aliphatic rings. The van der Waals surface area contributed by atoms with Crippen LogP contribution < -0.4 is 16.2 Å². The number of benzene rings is 1. The molecule has 0 saturated heterocycles. The van der Waals surface area contributed by atoms with Gasteiger partial charge in [-0.1, -0.05) is 18.2 Å². The van der Waals surface area contributed by atoms with Gasteiger partial charge >= 0.3 is 0 Å². The van der Waals surface area contributed by atoms with Gasteiger partial charge in [0.25, 0.3) is 5.91 Å². The lowest BCUT2D eigenvalue weighted by Crippen LogP contribution is -2.38. The number of hydrogen-bond donors (Lipinski definition) is 4. The molecule has 0 saturated carbocycles. The number of aliphatic hydroxyl groups is 1. The van der Waals surface area contributed by atoms with Crippen molar-refractivity contribution in [3.63, 3.8) is 0 Å². The van der Waals surface area contributed by atoms with Gasteiger partial charge in [0.1, 0.15) is 5.76 Å². The molecule has 116 valence electrons. The molecule has 0 aromatic heterocycles. The summed E-state index contributed by atoms with van der Waals surface area (Å²) in [5.74, 6) is -1.08. The van der Waals surface area contributed by atoms with Crippen molar-refractivity contribution in [1.29, 1.82) is 0 Å². The van der Waals surface area contributed by atoms with Gasteiger partial charge in [-0.3, -0.25) is 20.4 Å². The van der Waals surface area contributed by atoms with Crippen molar-refractivity contribution >= 4 is 41.0 Å². The summed E-state index contributed by atoms with van der Waals surface area (Å²) >= 11 is 4.83. The second kappa shape index (κ2) is 8.53. The fourth-order valence-electron chi connectivity index (χ4n) is 1.33. The van der Waals surface area contributed by atoms with E-state index in [1.54, 1.807) is 24.3 Å². The van der Waals surface area contributed by atoms with Crippen molar-refractivity contribution in [3.05, 3.63) is 41.7 Å². The SMILES string of the molecule is CC(=O)NNC(=S)N=CC(C(=O)Nc1ccccc1)=C(C)O. The first-order valence-electron chi connectivity index (χ1n) is 6.27. The molecule has 1 rings (SSSR count). The Bertz CT molecular complexity index is 622. The van der Waals surface area contributed by atoms with Crippen molar-refractivity contribution in [2.45, 2.75) is 13.8 Å². The summed E-state index contributed by atoms with van der Waals surface area (Å²) in [4.78, 5) is 26.6. The minimum Gasteiger partial charge on any atom is -0.512 e. The minimum atomic E-state index is -0.530. The molecule has 2 amide bonds. The van der Waals surface area contributed by atoms with Crippen LogP contribution >= 0.6 is 12.2 Å².